The number of hydrogen-bond donors (Lipinski definition) is 2. The average Bonchev–Trinajstić information content (AvgIpc) is 2.49. The number of sulfonamides is 1. The van der Waals surface area contributed by atoms with Crippen molar-refractivity contribution in [2.75, 3.05) is 0 Å². The Morgan fingerprint density at radius 2 is 1.70 bits per heavy atom. The Bertz CT molecular complexity index is 779. The van der Waals surface area contributed by atoms with Crippen LogP contribution in [0.5, 0.6) is 0 Å². The van der Waals surface area contributed by atoms with Gasteiger partial charge in [0.2, 0.25) is 15.9 Å². The van der Waals surface area contributed by atoms with Crippen LogP contribution >= 0.6 is 11.6 Å². The van der Waals surface area contributed by atoms with E-state index in [1.807, 2.05) is 18.2 Å². The maximum atomic E-state index is 12.3. The molecule has 0 saturated carbocycles. The summed E-state index contributed by atoms with van der Waals surface area (Å²) in [5, 5.41) is 0.358. The molecular formula is C16H17ClN2O3S. The van der Waals surface area contributed by atoms with Gasteiger partial charge in [0, 0.05) is 5.02 Å². The van der Waals surface area contributed by atoms with E-state index < -0.39 is 22.0 Å². The van der Waals surface area contributed by atoms with Gasteiger partial charge < -0.3 is 5.73 Å². The smallest absolute Gasteiger partial charge is 0.235 e. The number of carbonyl (C=O) groups excluding carboxylic acids is 1. The molecule has 0 saturated heterocycles. The van der Waals surface area contributed by atoms with E-state index in [0.29, 0.717) is 10.6 Å². The maximum Gasteiger partial charge on any atom is 0.235 e. The molecule has 5 nitrogen and oxygen atoms in total. The van der Waals surface area contributed by atoms with Crippen LogP contribution < -0.4 is 10.5 Å². The molecule has 1 amide bonds. The van der Waals surface area contributed by atoms with Crippen molar-refractivity contribution >= 4 is 27.5 Å². The first-order valence-corrected chi connectivity index (χ1v) is 8.97. The highest BCUT2D eigenvalue weighted by Gasteiger charge is 2.23. The molecule has 0 aromatic heterocycles. The molecule has 0 fully saturated rings. The summed E-state index contributed by atoms with van der Waals surface area (Å²) in [6.45, 7) is 0. The van der Waals surface area contributed by atoms with Crippen LogP contribution in [0.3, 0.4) is 0 Å². The van der Waals surface area contributed by atoms with Crippen LogP contribution in [0.1, 0.15) is 11.1 Å². The molecule has 0 heterocycles. The Hall–Kier alpha value is -1.89. The van der Waals surface area contributed by atoms with Gasteiger partial charge in [-0.1, -0.05) is 60.1 Å². The quantitative estimate of drug-likeness (QED) is 0.797. The van der Waals surface area contributed by atoms with Crippen molar-refractivity contribution in [3.8, 4) is 0 Å². The number of hydrogen-bond acceptors (Lipinski definition) is 3. The lowest BCUT2D eigenvalue weighted by atomic mass is 10.1. The number of amides is 1. The first-order valence-electron chi connectivity index (χ1n) is 6.94. The predicted octanol–water partition coefficient (Wildman–Crippen LogP) is 1.86. The monoisotopic (exact) mass is 352 g/mol. The largest absolute Gasteiger partial charge is 0.368 e. The Balaban J connectivity index is 2.12. The summed E-state index contributed by atoms with van der Waals surface area (Å²) in [6.07, 6.45) is 0.192. The van der Waals surface area contributed by atoms with Gasteiger partial charge in [-0.3, -0.25) is 4.79 Å². The lowest BCUT2D eigenvalue weighted by Crippen LogP contribution is -2.46. The van der Waals surface area contributed by atoms with Gasteiger partial charge in [0.25, 0.3) is 0 Å². The SMILES string of the molecule is NC(=O)[C@H](Cc1ccccc1)NS(=O)(=O)Cc1ccccc1Cl. The van der Waals surface area contributed by atoms with Crippen molar-refractivity contribution in [3.63, 3.8) is 0 Å². The van der Waals surface area contributed by atoms with Crippen molar-refractivity contribution in [1.82, 2.24) is 4.72 Å². The van der Waals surface area contributed by atoms with Gasteiger partial charge in [0.05, 0.1) is 5.75 Å². The van der Waals surface area contributed by atoms with Gasteiger partial charge in [-0.2, -0.15) is 0 Å². The van der Waals surface area contributed by atoms with E-state index in [2.05, 4.69) is 4.72 Å². The van der Waals surface area contributed by atoms with Gasteiger partial charge in [0.1, 0.15) is 6.04 Å². The maximum absolute atomic E-state index is 12.3. The van der Waals surface area contributed by atoms with Crippen molar-refractivity contribution in [3.05, 3.63) is 70.7 Å². The third-order valence-electron chi connectivity index (χ3n) is 3.25. The standard InChI is InChI=1S/C16H17ClN2O3S/c17-14-9-5-4-8-13(14)11-23(21,22)19-15(16(18)20)10-12-6-2-1-3-7-12/h1-9,15,19H,10-11H2,(H2,18,20)/t15-/m0/s1. The first-order chi connectivity index (χ1) is 10.9. The van der Waals surface area contributed by atoms with E-state index in [-0.39, 0.29) is 12.2 Å². The van der Waals surface area contributed by atoms with Gasteiger partial charge in [-0.05, 0) is 23.6 Å². The highest BCUT2D eigenvalue weighted by molar-refractivity contribution is 7.88. The van der Waals surface area contributed by atoms with Crippen LogP contribution in [0.25, 0.3) is 0 Å². The zero-order valence-electron chi connectivity index (χ0n) is 12.3. The highest BCUT2D eigenvalue weighted by atomic mass is 35.5. The van der Waals surface area contributed by atoms with E-state index in [4.69, 9.17) is 17.3 Å². The van der Waals surface area contributed by atoms with Crippen molar-refractivity contribution in [2.45, 2.75) is 18.2 Å². The summed E-state index contributed by atoms with van der Waals surface area (Å²) >= 11 is 5.98. The highest BCUT2D eigenvalue weighted by Crippen LogP contribution is 2.17. The van der Waals surface area contributed by atoms with Crippen LogP contribution in [0.15, 0.2) is 54.6 Å². The lowest BCUT2D eigenvalue weighted by Gasteiger charge is -2.16. The minimum absolute atomic E-state index is 0.192. The van der Waals surface area contributed by atoms with Crippen LogP contribution in [-0.4, -0.2) is 20.4 Å². The Morgan fingerprint density at radius 3 is 2.30 bits per heavy atom. The molecule has 3 N–H and O–H groups in total. The topological polar surface area (TPSA) is 89.3 Å². The van der Waals surface area contributed by atoms with E-state index in [1.54, 1.807) is 36.4 Å². The second-order valence-electron chi connectivity index (χ2n) is 5.11. The van der Waals surface area contributed by atoms with E-state index >= 15 is 0 Å². The number of benzene rings is 2. The molecule has 2 aromatic carbocycles. The molecule has 0 aliphatic heterocycles. The molecule has 0 unspecified atom stereocenters. The molecule has 0 spiro atoms. The van der Waals surface area contributed by atoms with Crippen molar-refractivity contribution in [2.24, 2.45) is 5.73 Å². The summed E-state index contributed by atoms with van der Waals surface area (Å²) in [6, 6.07) is 14.7. The molecule has 122 valence electrons. The minimum Gasteiger partial charge on any atom is -0.368 e. The average molecular weight is 353 g/mol. The number of primary amides is 1. The van der Waals surface area contributed by atoms with Gasteiger partial charge in [-0.15, -0.1) is 0 Å². The number of nitrogens with one attached hydrogen (secondary N) is 1. The fourth-order valence-electron chi connectivity index (χ4n) is 2.13. The third-order valence-corrected chi connectivity index (χ3v) is 4.95. The lowest BCUT2D eigenvalue weighted by molar-refractivity contribution is -0.119. The van der Waals surface area contributed by atoms with Gasteiger partial charge in [0.15, 0.2) is 0 Å². The molecule has 0 radical (unpaired) electrons. The van der Waals surface area contributed by atoms with E-state index in [1.165, 1.54) is 0 Å². The Kier molecular flexibility index (Phi) is 5.76. The summed E-state index contributed by atoms with van der Waals surface area (Å²) < 4.78 is 26.9. The molecular weight excluding hydrogens is 336 g/mol. The van der Waals surface area contributed by atoms with E-state index in [0.717, 1.165) is 5.56 Å². The molecule has 23 heavy (non-hydrogen) atoms. The molecule has 2 aromatic rings. The first kappa shape index (κ1) is 17.5. The molecule has 2 rings (SSSR count). The van der Waals surface area contributed by atoms with Crippen LogP contribution in [0.2, 0.25) is 5.02 Å². The number of nitrogens with two attached hydrogens (primary N) is 1. The molecule has 1 atom stereocenters. The zero-order valence-corrected chi connectivity index (χ0v) is 13.8. The second-order valence-corrected chi connectivity index (χ2v) is 7.27. The summed E-state index contributed by atoms with van der Waals surface area (Å²) in [5.74, 6) is -1.04. The second kappa shape index (κ2) is 7.59. The molecule has 0 aliphatic carbocycles. The summed E-state index contributed by atoms with van der Waals surface area (Å²) in [7, 11) is -3.76. The van der Waals surface area contributed by atoms with Crippen LogP contribution in [-0.2, 0) is 27.0 Å². The number of halogens is 1. The number of carbonyl (C=O) groups is 1. The van der Waals surface area contributed by atoms with Crippen LogP contribution in [0, 0.1) is 0 Å². The zero-order chi connectivity index (χ0) is 16.9. The Labute approximate surface area is 140 Å². The minimum atomic E-state index is -3.76. The molecule has 7 heteroatoms. The van der Waals surface area contributed by atoms with E-state index in [9.17, 15) is 13.2 Å². The molecule has 0 aliphatic rings. The normalized spacial score (nSPS) is 12.7. The molecule has 0 bridgehead atoms. The Morgan fingerprint density at radius 1 is 1.09 bits per heavy atom. The third kappa shape index (κ3) is 5.35. The summed E-state index contributed by atoms with van der Waals surface area (Å²) in [4.78, 5) is 11.6. The fourth-order valence-corrected chi connectivity index (χ4v) is 3.79. The van der Waals surface area contributed by atoms with Crippen LogP contribution in [0.4, 0.5) is 0 Å². The fraction of sp³-hybridized carbons (Fsp3) is 0.188. The summed E-state index contributed by atoms with van der Waals surface area (Å²) in [5.41, 5.74) is 6.60. The van der Waals surface area contributed by atoms with Gasteiger partial charge in [-0.25, -0.2) is 13.1 Å². The number of rotatable bonds is 7. The predicted molar refractivity (Wildman–Crippen MR) is 90.3 cm³/mol. The van der Waals surface area contributed by atoms with Crippen molar-refractivity contribution < 1.29 is 13.2 Å². The van der Waals surface area contributed by atoms with Gasteiger partial charge >= 0.3 is 0 Å². The van der Waals surface area contributed by atoms with Crippen molar-refractivity contribution in [1.29, 1.82) is 0 Å².